The average molecular weight is 256 g/mol. The van der Waals surface area contributed by atoms with Crippen LogP contribution in [0.25, 0.3) is 0 Å². The first-order valence-corrected chi connectivity index (χ1v) is 6.57. The number of thiophene rings is 1. The van der Waals surface area contributed by atoms with E-state index in [0.717, 1.165) is 28.4 Å². The molecular formula is C12H14ClNOS. The van der Waals surface area contributed by atoms with Gasteiger partial charge in [-0.05, 0) is 30.5 Å². The number of hydrogen-bond donors (Lipinski definition) is 1. The predicted octanol–water partition coefficient (Wildman–Crippen LogP) is 4.08. The third-order valence-electron chi connectivity index (χ3n) is 2.38. The van der Waals surface area contributed by atoms with Crippen LogP contribution in [0.2, 0.25) is 5.02 Å². The van der Waals surface area contributed by atoms with Gasteiger partial charge in [0.1, 0.15) is 0 Å². The molecule has 0 bridgehead atoms. The maximum Gasteiger partial charge on any atom is 0.0954 e. The molecule has 0 amide bonds. The second-order valence-corrected chi connectivity index (χ2v) is 4.93. The van der Waals surface area contributed by atoms with Gasteiger partial charge in [0.25, 0.3) is 0 Å². The van der Waals surface area contributed by atoms with Crippen LogP contribution in [0.3, 0.4) is 0 Å². The fraction of sp³-hybridized carbons (Fsp3) is 0.333. The molecule has 86 valence electrons. The molecule has 0 aliphatic carbocycles. The Labute approximate surface area is 104 Å². The summed E-state index contributed by atoms with van der Waals surface area (Å²) in [6.45, 7) is 3.11. The number of hydrogen-bond acceptors (Lipinski definition) is 3. The van der Waals surface area contributed by atoms with Crippen LogP contribution in [-0.4, -0.2) is 6.54 Å². The lowest BCUT2D eigenvalue weighted by Crippen LogP contribution is -2.22. The van der Waals surface area contributed by atoms with Crippen LogP contribution in [-0.2, 0) is 0 Å². The van der Waals surface area contributed by atoms with Gasteiger partial charge >= 0.3 is 0 Å². The van der Waals surface area contributed by atoms with E-state index in [1.807, 2.05) is 17.5 Å². The van der Waals surface area contributed by atoms with E-state index in [9.17, 15) is 0 Å². The summed E-state index contributed by atoms with van der Waals surface area (Å²) < 4.78 is 5.13. The topological polar surface area (TPSA) is 25.2 Å². The summed E-state index contributed by atoms with van der Waals surface area (Å²) in [4.78, 5) is 1.15. The van der Waals surface area contributed by atoms with Gasteiger partial charge in [-0.15, -0.1) is 11.3 Å². The normalized spacial score (nSPS) is 12.9. The first kappa shape index (κ1) is 11.7. The second kappa shape index (κ2) is 5.53. The Kier molecular flexibility index (Phi) is 4.04. The van der Waals surface area contributed by atoms with E-state index in [1.54, 1.807) is 23.9 Å². The van der Waals surface area contributed by atoms with E-state index < -0.39 is 0 Å². The molecule has 0 radical (unpaired) electrons. The minimum atomic E-state index is 0.145. The molecule has 1 N–H and O–H groups in total. The first-order chi connectivity index (χ1) is 7.83. The molecule has 1 unspecified atom stereocenters. The molecule has 0 fully saturated rings. The van der Waals surface area contributed by atoms with Crippen LogP contribution < -0.4 is 5.32 Å². The van der Waals surface area contributed by atoms with Crippen molar-refractivity contribution in [3.8, 4) is 0 Å². The van der Waals surface area contributed by atoms with Crippen molar-refractivity contribution in [2.24, 2.45) is 0 Å². The minimum absolute atomic E-state index is 0.145. The first-order valence-electron chi connectivity index (χ1n) is 5.31. The van der Waals surface area contributed by atoms with Gasteiger partial charge in [-0.2, -0.15) is 0 Å². The Bertz CT molecular complexity index is 424. The molecule has 0 aliphatic heterocycles. The van der Waals surface area contributed by atoms with E-state index in [1.165, 1.54) is 0 Å². The number of furan rings is 1. The lowest BCUT2D eigenvalue weighted by atomic mass is 10.1. The molecule has 2 heterocycles. The quantitative estimate of drug-likeness (QED) is 0.871. The monoisotopic (exact) mass is 255 g/mol. The Balaban J connectivity index is 2.25. The summed E-state index contributed by atoms with van der Waals surface area (Å²) in [5, 5.41) is 6.31. The maximum atomic E-state index is 6.17. The number of rotatable bonds is 5. The summed E-state index contributed by atoms with van der Waals surface area (Å²) in [6.07, 6.45) is 4.55. The van der Waals surface area contributed by atoms with E-state index in [2.05, 4.69) is 12.2 Å². The van der Waals surface area contributed by atoms with Crippen molar-refractivity contribution >= 4 is 22.9 Å². The van der Waals surface area contributed by atoms with E-state index in [-0.39, 0.29) is 6.04 Å². The number of halogens is 1. The molecule has 0 saturated carbocycles. The molecule has 2 nitrogen and oxygen atoms in total. The molecule has 2 rings (SSSR count). The van der Waals surface area contributed by atoms with Crippen molar-refractivity contribution < 1.29 is 4.42 Å². The van der Waals surface area contributed by atoms with Crippen molar-refractivity contribution in [2.45, 2.75) is 19.4 Å². The molecule has 0 saturated heterocycles. The van der Waals surface area contributed by atoms with Crippen LogP contribution in [0.1, 0.15) is 29.8 Å². The van der Waals surface area contributed by atoms with Crippen molar-refractivity contribution in [1.29, 1.82) is 0 Å². The summed E-state index contributed by atoms with van der Waals surface area (Å²) >= 11 is 7.84. The summed E-state index contributed by atoms with van der Waals surface area (Å²) in [5.74, 6) is 0. The van der Waals surface area contributed by atoms with Crippen molar-refractivity contribution in [2.75, 3.05) is 6.54 Å². The fourth-order valence-electron chi connectivity index (χ4n) is 1.60. The SMILES string of the molecule is CCCNC(c1ccoc1)c1sccc1Cl. The van der Waals surface area contributed by atoms with Gasteiger partial charge in [-0.25, -0.2) is 0 Å². The average Bonchev–Trinajstić information content (AvgIpc) is 2.91. The minimum Gasteiger partial charge on any atom is -0.472 e. The highest BCUT2D eigenvalue weighted by Crippen LogP contribution is 2.32. The maximum absolute atomic E-state index is 6.17. The Morgan fingerprint density at radius 2 is 2.38 bits per heavy atom. The van der Waals surface area contributed by atoms with Gasteiger partial charge in [0, 0.05) is 10.4 Å². The zero-order chi connectivity index (χ0) is 11.4. The molecule has 1 atom stereocenters. The smallest absolute Gasteiger partial charge is 0.0954 e. The molecule has 0 spiro atoms. The summed E-state index contributed by atoms with van der Waals surface area (Å²) in [7, 11) is 0. The van der Waals surface area contributed by atoms with E-state index in [0.29, 0.717) is 0 Å². The van der Waals surface area contributed by atoms with Crippen LogP contribution in [0, 0.1) is 0 Å². The predicted molar refractivity (Wildman–Crippen MR) is 68.2 cm³/mol. The zero-order valence-electron chi connectivity index (χ0n) is 9.07. The third kappa shape index (κ3) is 2.48. The molecule has 0 aliphatic rings. The van der Waals surface area contributed by atoms with Gasteiger partial charge in [-0.1, -0.05) is 18.5 Å². The second-order valence-electron chi connectivity index (χ2n) is 3.58. The molecule has 0 aromatic carbocycles. The van der Waals surface area contributed by atoms with Gasteiger partial charge in [-0.3, -0.25) is 0 Å². The molecule has 2 aromatic heterocycles. The fourth-order valence-corrected chi connectivity index (χ4v) is 2.87. The van der Waals surface area contributed by atoms with Crippen molar-refractivity contribution in [3.63, 3.8) is 0 Å². The van der Waals surface area contributed by atoms with E-state index >= 15 is 0 Å². The molecule has 4 heteroatoms. The molecule has 16 heavy (non-hydrogen) atoms. The highest BCUT2D eigenvalue weighted by molar-refractivity contribution is 7.10. The zero-order valence-corrected chi connectivity index (χ0v) is 10.6. The van der Waals surface area contributed by atoms with Gasteiger partial charge < -0.3 is 9.73 Å². The van der Waals surface area contributed by atoms with Crippen LogP contribution in [0.15, 0.2) is 34.5 Å². The standard InChI is InChI=1S/C12H14ClNOS/c1-2-5-14-11(9-3-6-15-8-9)12-10(13)4-7-16-12/h3-4,6-8,11,14H,2,5H2,1H3. The van der Waals surface area contributed by atoms with E-state index in [4.69, 9.17) is 16.0 Å². The van der Waals surface area contributed by atoms with Crippen LogP contribution >= 0.6 is 22.9 Å². The summed E-state index contributed by atoms with van der Waals surface area (Å²) in [6, 6.07) is 4.05. The van der Waals surface area contributed by atoms with Gasteiger partial charge in [0.05, 0.1) is 23.6 Å². The summed E-state index contributed by atoms with van der Waals surface area (Å²) in [5.41, 5.74) is 1.12. The Morgan fingerprint density at radius 1 is 1.50 bits per heavy atom. The largest absolute Gasteiger partial charge is 0.472 e. The van der Waals surface area contributed by atoms with Crippen LogP contribution in [0.5, 0.6) is 0 Å². The van der Waals surface area contributed by atoms with Crippen LogP contribution in [0.4, 0.5) is 0 Å². The lowest BCUT2D eigenvalue weighted by molar-refractivity contribution is 0.550. The molecular weight excluding hydrogens is 242 g/mol. The van der Waals surface area contributed by atoms with Gasteiger partial charge in [0.15, 0.2) is 0 Å². The van der Waals surface area contributed by atoms with Crippen molar-refractivity contribution in [1.82, 2.24) is 5.32 Å². The Morgan fingerprint density at radius 3 is 2.94 bits per heavy atom. The molecule has 2 aromatic rings. The Hall–Kier alpha value is -0.770. The van der Waals surface area contributed by atoms with Gasteiger partial charge in [0.2, 0.25) is 0 Å². The van der Waals surface area contributed by atoms with Crippen molar-refractivity contribution in [3.05, 3.63) is 45.5 Å². The number of nitrogens with one attached hydrogen (secondary N) is 1. The highest BCUT2D eigenvalue weighted by atomic mass is 35.5. The third-order valence-corrected chi connectivity index (χ3v) is 3.81. The lowest BCUT2D eigenvalue weighted by Gasteiger charge is -2.16. The highest BCUT2D eigenvalue weighted by Gasteiger charge is 2.18.